The van der Waals surface area contributed by atoms with Crippen molar-refractivity contribution in [3.8, 4) is 0 Å². The summed E-state index contributed by atoms with van der Waals surface area (Å²) in [5, 5.41) is 14.8. The Morgan fingerprint density at radius 3 is 2.29 bits per heavy atom. The number of aromatic nitrogens is 2. The number of rotatable bonds is 1. The first-order valence-corrected chi connectivity index (χ1v) is 5.29. The highest BCUT2D eigenvalue weighted by Crippen LogP contribution is 2.32. The zero-order valence-electron chi connectivity index (χ0n) is 7.91. The predicted octanol–water partition coefficient (Wildman–Crippen LogP) is 2.80. The molecule has 0 fully saturated rings. The fourth-order valence-corrected chi connectivity index (χ4v) is 2.24. The van der Waals surface area contributed by atoms with Crippen molar-refractivity contribution < 1.29 is 4.92 Å². The van der Waals surface area contributed by atoms with Crippen molar-refractivity contribution >= 4 is 39.9 Å². The molecule has 0 radical (unpaired) electrons. The molecule has 0 atom stereocenters. The molecule has 0 saturated carbocycles. The van der Waals surface area contributed by atoms with E-state index in [-0.39, 0.29) is 16.4 Å². The molecule has 1 rings (SSSR count). The fraction of sp³-hybridized carbons (Fsp3) is 0.571. The molecule has 0 amide bonds. The van der Waals surface area contributed by atoms with Crippen LogP contribution >= 0.6 is 34.2 Å². The van der Waals surface area contributed by atoms with Crippen LogP contribution in [0.4, 0.5) is 5.69 Å². The van der Waals surface area contributed by atoms with Gasteiger partial charge in [-0.05, 0) is 43.4 Å². The van der Waals surface area contributed by atoms with E-state index < -0.39 is 4.92 Å². The highest BCUT2D eigenvalue weighted by molar-refractivity contribution is 14.1. The Labute approximate surface area is 99.7 Å². The second kappa shape index (κ2) is 3.65. The Hall–Kier alpha value is -0.370. The van der Waals surface area contributed by atoms with Gasteiger partial charge in [-0.3, -0.25) is 10.1 Å². The zero-order valence-corrected chi connectivity index (χ0v) is 10.8. The molecule has 0 aliphatic heterocycles. The van der Waals surface area contributed by atoms with Crippen molar-refractivity contribution in [3.05, 3.63) is 19.0 Å². The van der Waals surface area contributed by atoms with Gasteiger partial charge in [-0.2, -0.15) is 5.10 Å². The van der Waals surface area contributed by atoms with Gasteiger partial charge in [0.2, 0.25) is 8.85 Å². The molecule has 0 bridgehead atoms. The SMILES string of the molecule is CC(C)(C)n1nc(I)c([N+](=O)[O-])c1Cl. The van der Waals surface area contributed by atoms with E-state index >= 15 is 0 Å². The average molecular weight is 330 g/mol. The monoisotopic (exact) mass is 329 g/mol. The van der Waals surface area contributed by atoms with Crippen LogP contribution in [-0.2, 0) is 5.54 Å². The van der Waals surface area contributed by atoms with Crippen molar-refractivity contribution in [1.29, 1.82) is 0 Å². The lowest BCUT2D eigenvalue weighted by molar-refractivity contribution is -0.385. The summed E-state index contributed by atoms with van der Waals surface area (Å²) in [6, 6.07) is 0. The first-order valence-electron chi connectivity index (χ1n) is 3.84. The molecular weight excluding hydrogens is 320 g/mol. The maximum atomic E-state index is 10.6. The third-order valence-electron chi connectivity index (χ3n) is 1.58. The molecule has 1 aromatic heterocycles. The summed E-state index contributed by atoms with van der Waals surface area (Å²) in [5.41, 5.74) is -0.479. The van der Waals surface area contributed by atoms with Gasteiger partial charge in [0.1, 0.15) is 0 Å². The second-order valence-corrected chi connectivity index (χ2v) is 5.15. The molecule has 0 aliphatic carbocycles. The van der Waals surface area contributed by atoms with Crippen LogP contribution in [-0.4, -0.2) is 14.7 Å². The van der Waals surface area contributed by atoms with Crippen LogP contribution in [0.1, 0.15) is 20.8 Å². The van der Waals surface area contributed by atoms with Crippen molar-refractivity contribution in [2.24, 2.45) is 0 Å². The lowest BCUT2D eigenvalue weighted by Gasteiger charge is -2.19. The first kappa shape index (κ1) is 11.7. The Kier molecular flexibility index (Phi) is 3.05. The Morgan fingerprint density at radius 2 is 2.07 bits per heavy atom. The minimum absolute atomic E-state index is 0.0758. The normalized spacial score (nSPS) is 11.8. The van der Waals surface area contributed by atoms with Gasteiger partial charge >= 0.3 is 5.69 Å². The van der Waals surface area contributed by atoms with E-state index in [0.29, 0.717) is 3.70 Å². The van der Waals surface area contributed by atoms with E-state index in [1.54, 1.807) is 22.6 Å². The van der Waals surface area contributed by atoms with Crippen LogP contribution in [0.25, 0.3) is 0 Å². The van der Waals surface area contributed by atoms with Gasteiger partial charge in [-0.15, -0.1) is 0 Å². The highest BCUT2D eigenvalue weighted by Gasteiger charge is 2.29. The minimum atomic E-state index is -0.515. The van der Waals surface area contributed by atoms with Crippen LogP contribution in [0.5, 0.6) is 0 Å². The Balaban J connectivity index is 3.39. The van der Waals surface area contributed by atoms with Gasteiger partial charge in [0.25, 0.3) is 0 Å². The molecule has 78 valence electrons. The summed E-state index contributed by atoms with van der Waals surface area (Å²) in [4.78, 5) is 10.1. The lowest BCUT2D eigenvalue weighted by Crippen LogP contribution is -2.23. The van der Waals surface area contributed by atoms with Gasteiger partial charge in [-0.25, -0.2) is 4.68 Å². The van der Waals surface area contributed by atoms with Crippen molar-refractivity contribution in [1.82, 2.24) is 9.78 Å². The van der Waals surface area contributed by atoms with Crippen LogP contribution in [0, 0.1) is 13.8 Å². The quantitative estimate of drug-likeness (QED) is 0.452. The van der Waals surface area contributed by atoms with E-state index in [1.165, 1.54) is 4.68 Å². The third-order valence-corrected chi connectivity index (χ3v) is 2.65. The van der Waals surface area contributed by atoms with Crippen molar-refractivity contribution in [3.63, 3.8) is 0 Å². The largest absolute Gasteiger partial charge is 0.339 e. The molecule has 0 aliphatic rings. The van der Waals surface area contributed by atoms with Crippen molar-refractivity contribution in [2.45, 2.75) is 26.3 Å². The van der Waals surface area contributed by atoms with Gasteiger partial charge < -0.3 is 0 Å². The molecule has 0 unspecified atom stereocenters. The maximum absolute atomic E-state index is 10.6. The summed E-state index contributed by atoms with van der Waals surface area (Å²) < 4.78 is 1.77. The summed E-state index contributed by atoms with van der Waals surface area (Å²) in [6.07, 6.45) is 0. The molecule has 0 spiro atoms. The molecule has 1 aromatic rings. The first-order chi connectivity index (χ1) is 6.25. The molecule has 5 nitrogen and oxygen atoms in total. The summed E-state index contributed by atoms with van der Waals surface area (Å²) in [7, 11) is 0. The molecule has 0 saturated heterocycles. The molecule has 14 heavy (non-hydrogen) atoms. The van der Waals surface area contributed by atoms with Gasteiger partial charge in [0.15, 0.2) is 0 Å². The predicted molar refractivity (Wildman–Crippen MR) is 61.6 cm³/mol. The highest BCUT2D eigenvalue weighted by atomic mass is 127. The summed E-state index contributed by atoms with van der Waals surface area (Å²) >= 11 is 7.67. The number of halogens is 2. The van der Waals surface area contributed by atoms with E-state index in [1.807, 2.05) is 20.8 Å². The topological polar surface area (TPSA) is 61.0 Å². The van der Waals surface area contributed by atoms with E-state index in [4.69, 9.17) is 11.6 Å². The number of hydrogen-bond donors (Lipinski definition) is 0. The Bertz CT molecular complexity index is 383. The fourth-order valence-electron chi connectivity index (χ4n) is 0.960. The summed E-state index contributed by atoms with van der Waals surface area (Å²) in [5.74, 6) is 0. The third kappa shape index (κ3) is 2.00. The van der Waals surface area contributed by atoms with E-state index in [2.05, 4.69) is 5.10 Å². The molecule has 7 heteroatoms. The Morgan fingerprint density at radius 1 is 1.57 bits per heavy atom. The lowest BCUT2D eigenvalue weighted by atomic mass is 10.1. The van der Waals surface area contributed by atoms with Crippen molar-refractivity contribution in [2.75, 3.05) is 0 Å². The number of nitrogens with zero attached hydrogens (tertiary/aromatic N) is 3. The van der Waals surface area contributed by atoms with Gasteiger partial charge in [-0.1, -0.05) is 11.6 Å². The molecular formula is C7H9ClIN3O2. The van der Waals surface area contributed by atoms with Crippen LogP contribution < -0.4 is 0 Å². The van der Waals surface area contributed by atoms with Crippen LogP contribution in [0.2, 0.25) is 5.15 Å². The zero-order chi connectivity index (χ0) is 11.1. The van der Waals surface area contributed by atoms with E-state index in [0.717, 1.165) is 0 Å². The summed E-state index contributed by atoms with van der Waals surface area (Å²) in [6.45, 7) is 5.64. The van der Waals surface area contributed by atoms with Gasteiger partial charge in [0, 0.05) is 0 Å². The number of nitro groups is 1. The minimum Gasteiger partial charge on any atom is -0.258 e. The van der Waals surface area contributed by atoms with E-state index in [9.17, 15) is 10.1 Å². The average Bonchev–Trinajstić information content (AvgIpc) is 2.24. The van der Waals surface area contributed by atoms with Crippen LogP contribution in [0.3, 0.4) is 0 Å². The smallest absolute Gasteiger partial charge is 0.258 e. The number of hydrogen-bond acceptors (Lipinski definition) is 3. The second-order valence-electron chi connectivity index (χ2n) is 3.77. The van der Waals surface area contributed by atoms with Crippen LogP contribution in [0.15, 0.2) is 0 Å². The molecule has 1 heterocycles. The molecule has 0 aromatic carbocycles. The molecule has 0 N–H and O–H groups in total. The standard InChI is InChI=1S/C7H9ClIN3O2/c1-7(2,3)11-5(8)4(12(13)14)6(9)10-11/h1-3H3. The maximum Gasteiger partial charge on any atom is 0.339 e. The van der Waals surface area contributed by atoms with Gasteiger partial charge in [0.05, 0.1) is 10.5 Å².